The van der Waals surface area contributed by atoms with Crippen molar-refractivity contribution in [1.82, 2.24) is 15.5 Å². The molecule has 2 aliphatic rings. The van der Waals surface area contributed by atoms with E-state index >= 15 is 0 Å². The van der Waals surface area contributed by atoms with Crippen LogP contribution in [0.25, 0.3) is 0 Å². The van der Waals surface area contributed by atoms with Crippen LogP contribution in [0.1, 0.15) is 26.7 Å². The third kappa shape index (κ3) is 3.07. The minimum absolute atomic E-state index is 0.124. The number of nitrogens with one attached hydrogen (secondary N) is 2. The molecule has 2 aliphatic heterocycles. The van der Waals surface area contributed by atoms with Gasteiger partial charge in [0.15, 0.2) is 0 Å². The highest BCUT2D eigenvalue weighted by molar-refractivity contribution is 5.93. The molecule has 124 valence electrons. The van der Waals surface area contributed by atoms with E-state index in [2.05, 4.69) is 10.6 Å². The normalized spacial score (nSPS) is 30.6. The van der Waals surface area contributed by atoms with Crippen molar-refractivity contribution in [2.45, 2.75) is 45.0 Å². The van der Waals surface area contributed by atoms with Crippen molar-refractivity contribution in [3.63, 3.8) is 0 Å². The van der Waals surface area contributed by atoms with E-state index in [0.717, 1.165) is 0 Å². The smallest absolute Gasteiger partial charge is 0.247 e. The number of nitrogens with two attached hydrogens (primary N) is 1. The average molecular weight is 312 g/mol. The molecule has 2 fully saturated rings. The van der Waals surface area contributed by atoms with Gasteiger partial charge in [0.2, 0.25) is 17.7 Å². The van der Waals surface area contributed by atoms with Gasteiger partial charge in [-0.2, -0.15) is 0 Å². The number of amides is 3. The molecule has 3 amide bonds. The lowest BCUT2D eigenvalue weighted by Crippen LogP contribution is -2.56. The number of hydrogen-bond donors (Lipinski definition) is 3. The van der Waals surface area contributed by atoms with E-state index in [9.17, 15) is 14.4 Å². The molecule has 0 aromatic rings. The molecular formula is C14H24N4O4. The summed E-state index contributed by atoms with van der Waals surface area (Å²) in [6.07, 6.45) is 0.461. The van der Waals surface area contributed by atoms with Crippen LogP contribution in [0.15, 0.2) is 0 Å². The summed E-state index contributed by atoms with van der Waals surface area (Å²) in [6.45, 7) is 4.25. The molecule has 8 heteroatoms. The number of primary amides is 1. The first-order chi connectivity index (χ1) is 10.3. The van der Waals surface area contributed by atoms with Crippen molar-refractivity contribution in [3.8, 4) is 0 Å². The van der Waals surface area contributed by atoms with Crippen molar-refractivity contribution in [2.24, 2.45) is 11.1 Å². The molecule has 3 atom stereocenters. The van der Waals surface area contributed by atoms with Crippen molar-refractivity contribution in [3.05, 3.63) is 0 Å². The standard InChI is InChI=1S/C14H24N4O4/c1-14(2)6-10-18(11(14)12(15)20)13(21)8(4-5-22-10)17-9(19)7-16-3/h8,10-11,16H,4-7H2,1-3H3,(H2,15,20)(H,17,19)/t8-,10?,11?/m0/s1. The van der Waals surface area contributed by atoms with Crippen molar-refractivity contribution < 1.29 is 19.1 Å². The van der Waals surface area contributed by atoms with Crippen LogP contribution in [0.3, 0.4) is 0 Å². The zero-order valence-electron chi connectivity index (χ0n) is 13.2. The van der Waals surface area contributed by atoms with Crippen LogP contribution >= 0.6 is 0 Å². The second-order valence-corrected chi connectivity index (χ2v) is 6.51. The first kappa shape index (κ1) is 16.7. The molecule has 2 unspecified atom stereocenters. The average Bonchev–Trinajstić information content (AvgIpc) is 2.60. The maximum atomic E-state index is 12.8. The zero-order valence-corrected chi connectivity index (χ0v) is 13.2. The molecule has 2 heterocycles. The molecule has 0 radical (unpaired) electrons. The molecule has 22 heavy (non-hydrogen) atoms. The predicted octanol–water partition coefficient (Wildman–Crippen LogP) is -1.45. The molecule has 8 nitrogen and oxygen atoms in total. The Bertz CT molecular complexity index is 479. The third-order valence-corrected chi connectivity index (χ3v) is 4.24. The second-order valence-electron chi connectivity index (χ2n) is 6.51. The maximum Gasteiger partial charge on any atom is 0.247 e. The molecule has 0 aromatic heterocycles. The summed E-state index contributed by atoms with van der Waals surface area (Å²) in [6, 6.07) is -1.42. The summed E-state index contributed by atoms with van der Waals surface area (Å²) in [5.74, 6) is -1.12. The molecule has 2 saturated heterocycles. The van der Waals surface area contributed by atoms with Crippen molar-refractivity contribution >= 4 is 17.7 Å². The summed E-state index contributed by atoms with van der Waals surface area (Å²) in [4.78, 5) is 37.8. The van der Waals surface area contributed by atoms with Crippen LogP contribution in [0.5, 0.6) is 0 Å². The zero-order chi connectivity index (χ0) is 16.5. The van der Waals surface area contributed by atoms with Gasteiger partial charge in [-0.1, -0.05) is 13.8 Å². The van der Waals surface area contributed by atoms with Gasteiger partial charge >= 0.3 is 0 Å². The molecule has 0 saturated carbocycles. The highest BCUT2D eigenvalue weighted by Crippen LogP contribution is 2.41. The Morgan fingerprint density at radius 3 is 2.73 bits per heavy atom. The largest absolute Gasteiger partial charge is 0.368 e. The highest BCUT2D eigenvalue weighted by atomic mass is 16.5. The van der Waals surface area contributed by atoms with Crippen LogP contribution in [0.2, 0.25) is 0 Å². The van der Waals surface area contributed by atoms with E-state index < -0.39 is 29.6 Å². The number of hydrogen-bond acceptors (Lipinski definition) is 5. The number of nitrogens with zero attached hydrogens (tertiary/aromatic N) is 1. The summed E-state index contributed by atoms with van der Waals surface area (Å²) < 4.78 is 5.72. The van der Waals surface area contributed by atoms with Gasteiger partial charge in [-0.15, -0.1) is 0 Å². The van der Waals surface area contributed by atoms with E-state index in [0.29, 0.717) is 19.4 Å². The number of ether oxygens (including phenoxy) is 1. The van der Waals surface area contributed by atoms with Crippen molar-refractivity contribution in [1.29, 1.82) is 0 Å². The first-order valence-electron chi connectivity index (χ1n) is 7.45. The quantitative estimate of drug-likeness (QED) is 0.588. The Kier molecular flexibility index (Phi) is 4.72. The lowest BCUT2D eigenvalue weighted by Gasteiger charge is -2.32. The van der Waals surface area contributed by atoms with E-state index in [-0.39, 0.29) is 18.4 Å². The van der Waals surface area contributed by atoms with E-state index in [1.54, 1.807) is 7.05 Å². The fourth-order valence-corrected chi connectivity index (χ4v) is 3.30. The van der Waals surface area contributed by atoms with Gasteiger partial charge in [0, 0.05) is 6.42 Å². The van der Waals surface area contributed by atoms with Gasteiger partial charge in [-0.05, 0) is 18.9 Å². The van der Waals surface area contributed by atoms with E-state index in [4.69, 9.17) is 10.5 Å². The van der Waals surface area contributed by atoms with E-state index in [1.165, 1.54) is 4.90 Å². The fourth-order valence-electron chi connectivity index (χ4n) is 3.30. The van der Waals surface area contributed by atoms with Gasteiger partial charge in [0.05, 0.1) is 13.2 Å². The second kappa shape index (κ2) is 6.21. The fraction of sp³-hybridized carbons (Fsp3) is 0.786. The van der Waals surface area contributed by atoms with Crippen LogP contribution in [-0.4, -0.2) is 61.1 Å². The van der Waals surface area contributed by atoms with Gasteiger partial charge in [-0.3, -0.25) is 14.4 Å². The summed E-state index contributed by atoms with van der Waals surface area (Å²) >= 11 is 0. The van der Waals surface area contributed by atoms with Gasteiger partial charge in [0.1, 0.15) is 18.3 Å². The first-order valence-corrected chi connectivity index (χ1v) is 7.45. The van der Waals surface area contributed by atoms with Gasteiger partial charge in [-0.25, -0.2) is 0 Å². The Morgan fingerprint density at radius 2 is 2.14 bits per heavy atom. The number of rotatable bonds is 4. The summed E-state index contributed by atoms with van der Waals surface area (Å²) in [7, 11) is 1.65. The van der Waals surface area contributed by atoms with Crippen LogP contribution < -0.4 is 16.4 Å². The number of carbonyl (C=O) groups is 3. The number of fused-ring (bicyclic) bond motifs is 1. The molecule has 0 bridgehead atoms. The third-order valence-electron chi connectivity index (χ3n) is 4.24. The number of carbonyl (C=O) groups excluding carboxylic acids is 3. The summed E-state index contributed by atoms with van der Waals surface area (Å²) in [5.41, 5.74) is 5.05. The Labute approximate surface area is 129 Å². The predicted molar refractivity (Wildman–Crippen MR) is 78.4 cm³/mol. The highest BCUT2D eigenvalue weighted by Gasteiger charge is 2.54. The Morgan fingerprint density at radius 1 is 1.45 bits per heavy atom. The Balaban J connectivity index is 2.22. The molecule has 0 spiro atoms. The molecule has 4 N–H and O–H groups in total. The topological polar surface area (TPSA) is 114 Å². The summed E-state index contributed by atoms with van der Waals surface area (Å²) in [5, 5.41) is 5.42. The van der Waals surface area contributed by atoms with Crippen LogP contribution in [0.4, 0.5) is 0 Å². The van der Waals surface area contributed by atoms with Crippen molar-refractivity contribution in [2.75, 3.05) is 20.2 Å². The van der Waals surface area contributed by atoms with E-state index in [1.807, 2.05) is 13.8 Å². The minimum Gasteiger partial charge on any atom is -0.368 e. The van der Waals surface area contributed by atoms with Crippen LogP contribution in [-0.2, 0) is 19.1 Å². The Hall–Kier alpha value is -1.67. The molecule has 0 aliphatic carbocycles. The SMILES string of the molecule is CNCC(=O)N[C@H]1CCOC2CC(C)(C)C(C(N)=O)N2C1=O. The monoisotopic (exact) mass is 312 g/mol. The number of likely N-dealkylation sites (N-methyl/N-ethyl adjacent to an activating group) is 1. The molecular weight excluding hydrogens is 288 g/mol. The maximum absolute atomic E-state index is 12.8. The van der Waals surface area contributed by atoms with Gasteiger partial charge < -0.3 is 26.0 Å². The lowest BCUT2D eigenvalue weighted by atomic mass is 9.84. The molecule has 2 rings (SSSR count). The molecule has 0 aromatic carbocycles. The van der Waals surface area contributed by atoms with Gasteiger partial charge in [0.25, 0.3) is 0 Å². The lowest BCUT2D eigenvalue weighted by molar-refractivity contribution is -0.148. The minimum atomic E-state index is -0.730. The van der Waals surface area contributed by atoms with Crippen LogP contribution in [0, 0.1) is 5.41 Å².